The zero-order chi connectivity index (χ0) is 14.8. The monoisotopic (exact) mass is 282 g/mol. The number of carboxylic acid groups (broad SMARTS) is 1. The summed E-state index contributed by atoms with van der Waals surface area (Å²) in [7, 11) is -3.95. The van der Waals surface area contributed by atoms with E-state index in [2.05, 4.69) is 0 Å². The topological polar surface area (TPSA) is 107 Å². The van der Waals surface area contributed by atoms with Crippen molar-refractivity contribution in [3.63, 3.8) is 0 Å². The number of carbonyl (C=O) groups is 1. The van der Waals surface area contributed by atoms with Crippen molar-refractivity contribution in [2.75, 3.05) is 0 Å². The summed E-state index contributed by atoms with van der Waals surface area (Å²) in [6.45, 7) is 4.88. The second kappa shape index (κ2) is 5.28. The fourth-order valence-corrected chi connectivity index (χ4v) is 3.39. The molecule has 0 saturated carbocycles. The molecule has 102 valence electrons. The maximum atomic E-state index is 11.9. The van der Waals surface area contributed by atoms with Crippen LogP contribution in [0.25, 0.3) is 0 Å². The molecule has 19 heavy (non-hydrogen) atoms. The van der Waals surface area contributed by atoms with Crippen LogP contribution >= 0.6 is 0 Å². The predicted molar refractivity (Wildman–Crippen MR) is 67.9 cm³/mol. The number of nitrogens with zero attached hydrogens (tertiary/aromatic N) is 1. The van der Waals surface area contributed by atoms with Crippen LogP contribution in [-0.2, 0) is 21.2 Å². The number of carboxylic acids is 1. The van der Waals surface area contributed by atoms with Gasteiger partial charge in [0, 0.05) is 0 Å². The lowest BCUT2D eigenvalue weighted by molar-refractivity contribution is -0.136. The molecule has 0 spiro atoms. The van der Waals surface area contributed by atoms with Gasteiger partial charge < -0.3 is 5.11 Å². The Morgan fingerprint density at radius 1 is 1.37 bits per heavy atom. The summed E-state index contributed by atoms with van der Waals surface area (Å²) in [5.41, 5.74) is 2.01. The van der Waals surface area contributed by atoms with Gasteiger partial charge in [-0.3, -0.25) is 4.79 Å². The summed E-state index contributed by atoms with van der Waals surface area (Å²) in [6.07, 6.45) is 1.12. The van der Waals surface area contributed by atoms with Gasteiger partial charge in [-0.25, -0.2) is 13.1 Å². The molecule has 0 heterocycles. The van der Waals surface area contributed by atoms with Crippen molar-refractivity contribution in [3.05, 3.63) is 28.3 Å². The van der Waals surface area contributed by atoms with Gasteiger partial charge >= 0.3 is 5.97 Å². The fourth-order valence-electron chi connectivity index (χ4n) is 2.15. The van der Waals surface area contributed by atoms with Gasteiger partial charge in [-0.05, 0) is 43.0 Å². The van der Waals surface area contributed by atoms with Crippen LogP contribution in [0.5, 0.6) is 0 Å². The van der Waals surface area contributed by atoms with Gasteiger partial charge in [-0.15, -0.1) is 0 Å². The summed E-state index contributed by atoms with van der Waals surface area (Å²) >= 11 is 0. The van der Waals surface area contributed by atoms with Crippen LogP contribution in [0, 0.1) is 32.2 Å². The number of nitriles is 1. The molecule has 6 nitrogen and oxygen atoms in total. The molecule has 1 aromatic carbocycles. The first-order chi connectivity index (χ1) is 8.70. The Morgan fingerprint density at radius 2 is 1.95 bits per heavy atom. The van der Waals surface area contributed by atoms with Gasteiger partial charge in [0.05, 0.1) is 11.3 Å². The van der Waals surface area contributed by atoms with Crippen molar-refractivity contribution in [1.82, 2.24) is 4.72 Å². The van der Waals surface area contributed by atoms with Crippen LogP contribution < -0.4 is 4.72 Å². The molecule has 7 heteroatoms. The number of rotatable bonds is 4. The number of aliphatic carboxylic acids is 1. The molecule has 1 aromatic rings. The van der Waals surface area contributed by atoms with Gasteiger partial charge in [0.2, 0.25) is 0 Å². The maximum absolute atomic E-state index is 11.9. The Hall–Kier alpha value is -2.07. The summed E-state index contributed by atoms with van der Waals surface area (Å²) in [5, 5.41) is 17.3. The second-order valence-electron chi connectivity index (χ2n) is 4.23. The Labute approximate surface area is 111 Å². The molecule has 0 saturated heterocycles. The van der Waals surface area contributed by atoms with E-state index in [1.165, 1.54) is 6.19 Å². The lowest BCUT2D eigenvalue weighted by atomic mass is 9.97. The van der Waals surface area contributed by atoms with E-state index in [-0.39, 0.29) is 11.3 Å². The van der Waals surface area contributed by atoms with Crippen molar-refractivity contribution in [2.24, 2.45) is 0 Å². The average Bonchev–Trinajstić information content (AvgIpc) is 2.22. The Bertz CT molecular complexity index is 672. The molecule has 0 aliphatic rings. The molecule has 0 amide bonds. The fraction of sp³-hybridized carbons (Fsp3) is 0.333. The SMILES string of the molecule is Cc1cc(C)c(S(=O)(=O)NC#N)c(C)c1CC(=O)O. The van der Waals surface area contributed by atoms with Crippen LogP contribution in [0.15, 0.2) is 11.0 Å². The molecule has 0 bridgehead atoms. The lowest BCUT2D eigenvalue weighted by Crippen LogP contribution is -2.21. The van der Waals surface area contributed by atoms with Crippen LogP contribution in [0.2, 0.25) is 0 Å². The van der Waals surface area contributed by atoms with Crippen molar-refractivity contribution >= 4 is 16.0 Å². The second-order valence-corrected chi connectivity index (χ2v) is 5.85. The Balaban J connectivity index is 3.59. The number of benzene rings is 1. The smallest absolute Gasteiger partial charge is 0.307 e. The molecule has 2 N–H and O–H groups in total. The van der Waals surface area contributed by atoms with Gasteiger partial charge in [0.1, 0.15) is 0 Å². The summed E-state index contributed by atoms with van der Waals surface area (Å²) in [4.78, 5) is 10.8. The molecular formula is C12H14N2O4S. The highest BCUT2D eigenvalue weighted by molar-refractivity contribution is 7.89. The van der Waals surface area contributed by atoms with Gasteiger partial charge in [-0.1, -0.05) is 6.07 Å². The number of aryl methyl sites for hydroxylation is 2. The van der Waals surface area contributed by atoms with E-state index in [0.717, 1.165) is 0 Å². The number of hydrogen-bond acceptors (Lipinski definition) is 4. The highest BCUT2D eigenvalue weighted by Gasteiger charge is 2.23. The van der Waals surface area contributed by atoms with Crippen molar-refractivity contribution in [3.8, 4) is 6.19 Å². The average molecular weight is 282 g/mol. The number of hydrogen-bond donors (Lipinski definition) is 2. The van der Waals surface area contributed by atoms with Crippen LogP contribution in [0.1, 0.15) is 22.3 Å². The zero-order valence-electron chi connectivity index (χ0n) is 10.8. The van der Waals surface area contributed by atoms with Gasteiger partial charge in [0.25, 0.3) is 10.0 Å². The Kier molecular flexibility index (Phi) is 4.17. The maximum Gasteiger partial charge on any atom is 0.307 e. The predicted octanol–water partition coefficient (Wildman–Crippen LogP) is 0.998. The molecule has 0 aliphatic heterocycles. The van der Waals surface area contributed by atoms with E-state index in [1.54, 1.807) is 31.6 Å². The third kappa shape index (κ3) is 3.03. The summed E-state index contributed by atoms with van der Waals surface area (Å²) < 4.78 is 25.6. The standard InChI is InChI=1S/C12H14N2O4S/c1-7-4-8(2)12(19(17,18)14-6-13)9(3)10(7)5-11(15)16/h4,14H,5H2,1-3H3,(H,15,16). The quantitative estimate of drug-likeness (QED) is 0.632. The zero-order valence-corrected chi connectivity index (χ0v) is 11.6. The Morgan fingerprint density at radius 3 is 2.42 bits per heavy atom. The third-order valence-corrected chi connectivity index (χ3v) is 4.36. The van der Waals surface area contributed by atoms with E-state index in [4.69, 9.17) is 10.4 Å². The number of nitrogens with one attached hydrogen (secondary N) is 1. The van der Waals surface area contributed by atoms with Gasteiger partial charge in [-0.2, -0.15) is 5.26 Å². The summed E-state index contributed by atoms with van der Waals surface area (Å²) in [5.74, 6) is -1.04. The van der Waals surface area contributed by atoms with Crippen molar-refractivity contribution < 1.29 is 18.3 Å². The van der Waals surface area contributed by atoms with E-state index >= 15 is 0 Å². The minimum atomic E-state index is -3.95. The molecule has 0 atom stereocenters. The number of sulfonamides is 1. The molecule has 0 unspecified atom stereocenters. The molecular weight excluding hydrogens is 268 g/mol. The summed E-state index contributed by atoms with van der Waals surface area (Å²) in [6, 6.07) is 1.61. The van der Waals surface area contributed by atoms with E-state index in [9.17, 15) is 13.2 Å². The molecule has 1 rings (SSSR count). The highest BCUT2D eigenvalue weighted by Crippen LogP contribution is 2.26. The first-order valence-corrected chi connectivity index (χ1v) is 6.91. The van der Waals surface area contributed by atoms with Gasteiger partial charge in [0.15, 0.2) is 6.19 Å². The van der Waals surface area contributed by atoms with Crippen molar-refractivity contribution in [1.29, 1.82) is 5.26 Å². The largest absolute Gasteiger partial charge is 0.481 e. The normalized spacial score (nSPS) is 10.8. The molecule has 0 radical (unpaired) electrons. The van der Waals surface area contributed by atoms with Crippen LogP contribution in [-0.4, -0.2) is 19.5 Å². The lowest BCUT2D eigenvalue weighted by Gasteiger charge is -2.15. The minimum Gasteiger partial charge on any atom is -0.481 e. The first-order valence-electron chi connectivity index (χ1n) is 5.43. The van der Waals surface area contributed by atoms with Crippen LogP contribution in [0.3, 0.4) is 0 Å². The van der Waals surface area contributed by atoms with Crippen molar-refractivity contribution in [2.45, 2.75) is 32.1 Å². The van der Waals surface area contributed by atoms with E-state index < -0.39 is 16.0 Å². The first kappa shape index (κ1) is 15.0. The molecule has 0 aliphatic carbocycles. The van der Waals surface area contributed by atoms with E-state index in [1.807, 2.05) is 0 Å². The molecule has 0 aromatic heterocycles. The highest BCUT2D eigenvalue weighted by atomic mass is 32.2. The molecule has 0 fully saturated rings. The van der Waals surface area contributed by atoms with E-state index in [0.29, 0.717) is 22.3 Å². The third-order valence-electron chi connectivity index (χ3n) is 2.84. The van der Waals surface area contributed by atoms with Crippen LogP contribution in [0.4, 0.5) is 0 Å². The minimum absolute atomic E-state index is 0.0316.